The maximum absolute atomic E-state index is 12.1. The third kappa shape index (κ3) is 4.89. The molecule has 0 aliphatic heterocycles. The number of carbonyl (C=O) groups excluding carboxylic acids is 1. The van der Waals surface area contributed by atoms with E-state index in [9.17, 15) is 4.79 Å². The summed E-state index contributed by atoms with van der Waals surface area (Å²) < 4.78 is 0. The average Bonchev–Trinajstić information content (AvgIpc) is 3.06. The van der Waals surface area contributed by atoms with Crippen LogP contribution in [-0.2, 0) is 0 Å². The zero-order valence-electron chi connectivity index (χ0n) is 12.5. The van der Waals surface area contributed by atoms with Crippen molar-refractivity contribution in [2.45, 2.75) is 25.7 Å². The molecule has 0 radical (unpaired) electrons. The minimum absolute atomic E-state index is 0.174. The lowest BCUT2D eigenvalue weighted by Gasteiger charge is -2.22. The molecule has 22 heavy (non-hydrogen) atoms. The Morgan fingerprint density at radius 3 is 2.23 bits per heavy atom. The van der Waals surface area contributed by atoms with Gasteiger partial charge in [-0.2, -0.15) is 5.10 Å². The molecule has 1 aromatic carbocycles. The van der Waals surface area contributed by atoms with E-state index in [2.05, 4.69) is 15.4 Å². The lowest BCUT2D eigenvalue weighted by Crippen LogP contribution is -2.27. The van der Waals surface area contributed by atoms with Gasteiger partial charge in [-0.15, -0.1) is 23.2 Å². The van der Waals surface area contributed by atoms with E-state index < -0.39 is 0 Å². The van der Waals surface area contributed by atoms with E-state index in [1.807, 2.05) is 12.1 Å². The van der Waals surface area contributed by atoms with Crippen molar-refractivity contribution in [1.82, 2.24) is 5.43 Å². The first-order chi connectivity index (χ1) is 10.7. The van der Waals surface area contributed by atoms with Crippen molar-refractivity contribution in [3.8, 4) is 0 Å². The zero-order valence-corrected chi connectivity index (χ0v) is 14.0. The molecule has 6 heteroatoms. The summed E-state index contributed by atoms with van der Waals surface area (Å²) in [6.45, 7) is 1.46. The van der Waals surface area contributed by atoms with E-state index in [0.29, 0.717) is 17.3 Å². The van der Waals surface area contributed by atoms with E-state index in [-0.39, 0.29) is 5.91 Å². The van der Waals surface area contributed by atoms with Gasteiger partial charge in [0.15, 0.2) is 0 Å². The van der Waals surface area contributed by atoms with E-state index in [4.69, 9.17) is 23.2 Å². The lowest BCUT2D eigenvalue weighted by atomic mass is 10.2. The first-order valence-corrected chi connectivity index (χ1v) is 8.64. The number of nitrogens with zero attached hydrogens (tertiary/aromatic N) is 2. The Balaban J connectivity index is 1.97. The second kappa shape index (κ2) is 9.01. The van der Waals surface area contributed by atoms with Gasteiger partial charge in [0.25, 0.3) is 5.91 Å². The maximum Gasteiger partial charge on any atom is 0.271 e. The van der Waals surface area contributed by atoms with Crippen molar-refractivity contribution >= 4 is 40.5 Å². The number of amides is 1. The second-order valence-electron chi connectivity index (χ2n) is 5.24. The normalized spacial score (nSPS) is 14.0. The van der Waals surface area contributed by atoms with Crippen LogP contribution in [0.3, 0.4) is 0 Å². The highest BCUT2D eigenvalue weighted by atomic mass is 35.5. The number of hydrazone groups is 1. The van der Waals surface area contributed by atoms with Gasteiger partial charge in [0.1, 0.15) is 0 Å². The van der Waals surface area contributed by atoms with Gasteiger partial charge in [-0.25, -0.2) is 5.43 Å². The van der Waals surface area contributed by atoms with Crippen LogP contribution in [0.2, 0.25) is 0 Å². The maximum atomic E-state index is 12.1. The largest absolute Gasteiger partial charge is 0.369 e. The van der Waals surface area contributed by atoms with E-state index in [0.717, 1.165) is 37.3 Å². The molecule has 0 bridgehead atoms. The first-order valence-electron chi connectivity index (χ1n) is 7.57. The fraction of sp³-hybridized carbons (Fsp3) is 0.500. The first kappa shape index (κ1) is 17.1. The number of carbonyl (C=O) groups is 1. The molecule has 120 valence electrons. The Labute approximate surface area is 141 Å². The molecule has 4 nitrogen and oxygen atoms in total. The zero-order chi connectivity index (χ0) is 15.8. The smallest absolute Gasteiger partial charge is 0.271 e. The third-order valence-electron chi connectivity index (χ3n) is 3.70. The summed E-state index contributed by atoms with van der Waals surface area (Å²) in [6, 6.07) is 7.43. The molecule has 0 atom stereocenters. The van der Waals surface area contributed by atoms with Crippen molar-refractivity contribution in [1.29, 1.82) is 0 Å². The molecule has 0 aromatic heterocycles. The van der Waals surface area contributed by atoms with Gasteiger partial charge in [0.2, 0.25) is 0 Å². The lowest BCUT2D eigenvalue weighted by molar-refractivity contribution is 0.0954. The highest BCUT2D eigenvalue weighted by Gasteiger charge is 2.11. The summed E-state index contributed by atoms with van der Waals surface area (Å²) >= 11 is 11.6. The van der Waals surface area contributed by atoms with Crippen molar-refractivity contribution in [2.75, 3.05) is 29.7 Å². The molecule has 1 aliphatic carbocycles. The Bertz CT molecular complexity index is 503. The van der Waals surface area contributed by atoms with E-state index >= 15 is 0 Å². The van der Waals surface area contributed by atoms with Crippen molar-refractivity contribution in [2.24, 2.45) is 5.10 Å². The number of halogens is 2. The van der Waals surface area contributed by atoms with Gasteiger partial charge >= 0.3 is 0 Å². The van der Waals surface area contributed by atoms with E-state index in [1.165, 1.54) is 12.8 Å². The fourth-order valence-electron chi connectivity index (χ4n) is 2.49. The van der Waals surface area contributed by atoms with Crippen LogP contribution in [0.15, 0.2) is 29.4 Å². The summed E-state index contributed by atoms with van der Waals surface area (Å²) in [5.41, 5.74) is 5.33. The summed E-state index contributed by atoms with van der Waals surface area (Å²) in [7, 11) is 0. The quantitative estimate of drug-likeness (QED) is 0.607. The Morgan fingerprint density at radius 1 is 1.09 bits per heavy atom. The average molecular weight is 342 g/mol. The molecule has 2 rings (SSSR count). The van der Waals surface area contributed by atoms with Crippen LogP contribution in [0.1, 0.15) is 36.0 Å². The Hall–Kier alpha value is -1.26. The number of hydrogen-bond acceptors (Lipinski definition) is 3. The fourth-order valence-corrected chi connectivity index (χ4v) is 2.90. The molecule has 1 amide bonds. The van der Waals surface area contributed by atoms with Gasteiger partial charge in [0.05, 0.1) is 0 Å². The van der Waals surface area contributed by atoms with Crippen LogP contribution in [0.5, 0.6) is 0 Å². The SMILES string of the molecule is O=C(NN=C1CCCC1)c1ccc(N(CCCl)CCCl)cc1. The molecule has 1 aromatic rings. The summed E-state index contributed by atoms with van der Waals surface area (Å²) in [5, 5.41) is 4.19. The minimum atomic E-state index is -0.174. The summed E-state index contributed by atoms with van der Waals surface area (Å²) in [6.07, 6.45) is 4.32. The topological polar surface area (TPSA) is 44.7 Å². The van der Waals surface area contributed by atoms with Crippen LogP contribution in [0.4, 0.5) is 5.69 Å². The van der Waals surface area contributed by atoms with Crippen LogP contribution in [0, 0.1) is 0 Å². The van der Waals surface area contributed by atoms with Crippen molar-refractivity contribution in [3.63, 3.8) is 0 Å². The predicted octanol–water partition coefficient (Wildman–Crippen LogP) is 3.63. The number of nitrogens with one attached hydrogen (secondary N) is 1. The predicted molar refractivity (Wildman–Crippen MR) is 93.5 cm³/mol. The van der Waals surface area contributed by atoms with Crippen LogP contribution in [0.25, 0.3) is 0 Å². The Morgan fingerprint density at radius 2 is 1.68 bits per heavy atom. The number of benzene rings is 1. The summed E-state index contributed by atoms with van der Waals surface area (Å²) in [5.74, 6) is 0.903. The number of rotatable bonds is 7. The molecule has 1 N–H and O–H groups in total. The Kier molecular flexibility index (Phi) is 7.00. The van der Waals surface area contributed by atoms with Gasteiger partial charge in [-0.05, 0) is 49.9 Å². The number of alkyl halides is 2. The number of anilines is 1. The van der Waals surface area contributed by atoms with Crippen LogP contribution < -0.4 is 10.3 Å². The van der Waals surface area contributed by atoms with Gasteiger partial charge < -0.3 is 4.90 Å². The van der Waals surface area contributed by atoms with Crippen molar-refractivity contribution in [3.05, 3.63) is 29.8 Å². The molecular weight excluding hydrogens is 321 g/mol. The van der Waals surface area contributed by atoms with Crippen LogP contribution >= 0.6 is 23.2 Å². The van der Waals surface area contributed by atoms with Gasteiger partial charge in [0, 0.05) is 41.8 Å². The number of hydrogen-bond donors (Lipinski definition) is 1. The van der Waals surface area contributed by atoms with Gasteiger partial charge in [-0.1, -0.05) is 0 Å². The van der Waals surface area contributed by atoms with E-state index in [1.54, 1.807) is 12.1 Å². The molecular formula is C16H21Cl2N3O. The van der Waals surface area contributed by atoms with Crippen molar-refractivity contribution < 1.29 is 4.79 Å². The van der Waals surface area contributed by atoms with Gasteiger partial charge in [-0.3, -0.25) is 4.79 Å². The minimum Gasteiger partial charge on any atom is -0.369 e. The summed E-state index contributed by atoms with van der Waals surface area (Å²) in [4.78, 5) is 14.2. The monoisotopic (exact) mass is 341 g/mol. The third-order valence-corrected chi connectivity index (χ3v) is 4.04. The molecule has 0 unspecified atom stereocenters. The molecule has 0 heterocycles. The highest BCUT2D eigenvalue weighted by Crippen LogP contribution is 2.16. The molecule has 1 saturated carbocycles. The molecule has 1 aliphatic rings. The highest BCUT2D eigenvalue weighted by molar-refractivity contribution is 6.18. The second-order valence-corrected chi connectivity index (χ2v) is 5.99. The standard InChI is InChI=1S/C16H21Cl2N3O/c17-9-11-21(12-10-18)15-7-5-13(6-8-15)16(22)20-19-14-3-1-2-4-14/h5-8H,1-4,9-12H2,(H,20,22). The van der Waals surface area contributed by atoms with Crippen LogP contribution in [-0.4, -0.2) is 36.5 Å². The molecule has 0 saturated heterocycles. The molecule has 1 fully saturated rings. The molecule has 0 spiro atoms.